The minimum atomic E-state index is -0.876. The quantitative estimate of drug-likeness (QED) is 0.506. The van der Waals surface area contributed by atoms with Crippen LogP contribution < -0.4 is 0 Å². The topological polar surface area (TPSA) is 20.1 Å². The Morgan fingerprint density at radius 1 is 1.54 bits per heavy atom. The van der Waals surface area contributed by atoms with Gasteiger partial charge in [-0.1, -0.05) is 13.0 Å². The van der Waals surface area contributed by atoms with E-state index < -0.39 is 11.0 Å². The SMILES string of the molecule is C=C[C@H]1[C@H](CC)N1[S@](=O)C(C)(C)C. The third kappa shape index (κ3) is 2.02. The van der Waals surface area contributed by atoms with Gasteiger partial charge in [0.25, 0.3) is 0 Å². The highest BCUT2D eigenvalue weighted by atomic mass is 32.2. The molecule has 0 spiro atoms. The highest BCUT2D eigenvalue weighted by Crippen LogP contribution is 2.37. The van der Waals surface area contributed by atoms with Crippen LogP contribution >= 0.6 is 0 Å². The molecule has 0 aromatic heterocycles. The van der Waals surface area contributed by atoms with Crippen molar-refractivity contribution in [1.82, 2.24) is 4.31 Å². The van der Waals surface area contributed by atoms with Crippen molar-refractivity contribution in [1.29, 1.82) is 0 Å². The summed E-state index contributed by atoms with van der Waals surface area (Å²) in [6.45, 7) is 11.9. The molecule has 2 nitrogen and oxygen atoms in total. The van der Waals surface area contributed by atoms with Gasteiger partial charge in [0.05, 0.1) is 10.8 Å². The van der Waals surface area contributed by atoms with E-state index in [1.165, 1.54) is 0 Å². The zero-order chi connectivity index (χ0) is 10.2. The third-order valence-corrected chi connectivity index (χ3v) is 4.25. The van der Waals surface area contributed by atoms with E-state index in [1.807, 2.05) is 31.2 Å². The van der Waals surface area contributed by atoms with E-state index in [1.54, 1.807) is 0 Å². The van der Waals surface area contributed by atoms with Crippen LogP contribution in [0.25, 0.3) is 0 Å². The maximum Gasteiger partial charge on any atom is 0.101 e. The first-order valence-corrected chi connectivity index (χ1v) is 5.87. The number of nitrogens with zero attached hydrogens (tertiary/aromatic N) is 1. The van der Waals surface area contributed by atoms with Gasteiger partial charge in [-0.2, -0.15) is 0 Å². The van der Waals surface area contributed by atoms with Gasteiger partial charge in [0.15, 0.2) is 0 Å². The molecule has 0 radical (unpaired) electrons. The largest absolute Gasteiger partial charge is 0.242 e. The Morgan fingerprint density at radius 3 is 2.31 bits per heavy atom. The van der Waals surface area contributed by atoms with Gasteiger partial charge in [-0.3, -0.25) is 0 Å². The predicted molar refractivity (Wildman–Crippen MR) is 57.8 cm³/mol. The number of rotatable bonds is 3. The van der Waals surface area contributed by atoms with E-state index in [0.717, 1.165) is 6.42 Å². The van der Waals surface area contributed by atoms with E-state index in [4.69, 9.17) is 0 Å². The van der Waals surface area contributed by atoms with Crippen LogP contribution in [0.3, 0.4) is 0 Å². The molecule has 0 bridgehead atoms. The van der Waals surface area contributed by atoms with Crippen LogP contribution in [0.1, 0.15) is 34.1 Å². The first-order chi connectivity index (χ1) is 5.93. The first-order valence-electron chi connectivity index (χ1n) is 4.76. The van der Waals surface area contributed by atoms with Gasteiger partial charge in [0, 0.05) is 6.04 Å². The smallest absolute Gasteiger partial charge is 0.101 e. The maximum absolute atomic E-state index is 12.0. The Bertz CT molecular complexity index is 232. The summed E-state index contributed by atoms with van der Waals surface area (Å²) in [5.74, 6) is 0. The second kappa shape index (κ2) is 3.54. The molecule has 1 fully saturated rings. The van der Waals surface area contributed by atoms with Crippen LogP contribution in [0.4, 0.5) is 0 Å². The van der Waals surface area contributed by atoms with Gasteiger partial charge in [-0.25, -0.2) is 8.51 Å². The fraction of sp³-hybridized carbons (Fsp3) is 0.800. The van der Waals surface area contributed by atoms with Crippen LogP contribution in [0.5, 0.6) is 0 Å². The van der Waals surface area contributed by atoms with E-state index in [9.17, 15) is 4.21 Å². The lowest BCUT2D eigenvalue weighted by Crippen LogP contribution is -2.28. The van der Waals surface area contributed by atoms with Crippen molar-refractivity contribution in [3.05, 3.63) is 12.7 Å². The molecule has 76 valence electrons. The van der Waals surface area contributed by atoms with Gasteiger partial charge in [0.1, 0.15) is 11.0 Å². The highest BCUT2D eigenvalue weighted by molar-refractivity contribution is 7.84. The second-order valence-electron chi connectivity index (χ2n) is 4.42. The van der Waals surface area contributed by atoms with Crippen LogP contribution in [-0.2, 0) is 11.0 Å². The summed E-state index contributed by atoms with van der Waals surface area (Å²) in [5.41, 5.74) is 0. The van der Waals surface area contributed by atoms with Crippen molar-refractivity contribution < 1.29 is 4.21 Å². The molecule has 0 N–H and O–H groups in total. The van der Waals surface area contributed by atoms with Crippen molar-refractivity contribution >= 4 is 11.0 Å². The molecule has 1 aliphatic rings. The molecule has 13 heavy (non-hydrogen) atoms. The zero-order valence-corrected chi connectivity index (χ0v) is 9.73. The van der Waals surface area contributed by atoms with Gasteiger partial charge < -0.3 is 0 Å². The van der Waals surface area contributed by atoms with Crippen molar-refractivity contribution in [3.8, 4) is 0 Å². The Balaban J connectivity index is 2.66. The molecule has 0 saturated carbocycles. The molecule has 1 saturated heterocycles. The van der Waals surface area contributed by atoms with E-state index in [0.29, 0.717) is 12.1 Å². The lowest BCUT2D eigenvalue weighted by molar-refractivity contribution is 0.598. The molecule has 3 heteroatoms. The molecule has 1 aliphatic heterocycles. The predicted octanol–water partition coefficient (Wildman–Crippen LogP) is 2.10. The molecule has 0 aromatic rings. The molecule has 1 rings (SSSR count). The molecule has 0 aliphatic carbocycles. The average molecular weight is 201 g/mol. The zero-order valence-electron chi connectivity index (χ0n) is 8.91. The number of hydrogen-bond donors (Lipinski definition) is 0. The summed E-state index contributed by atoms with van der Waals surface area (Å²) in [6, 6.07) is 0.794. The minimum Gasteiger partial charge on any atom is -0.242 e. The summed E-state index contributed by atoms with van der Waals surface area (Å²) in [7, 11) is -0.876. The third-order valence-electron chi connectivity index (χ3n) is 2.30. The van der Waals surface area contributed by atoms with Crippen LogP contribution in [0.15, 0.2) is 12.7 Å². The molecule has 1 heterocycles. The Labute approximate surface area is 83.6 Å². The van der Waals surface area contributed by atoms with Gasteiger partial charge in [-0.15, -0.1) is 6.58 Å². The van der Waals surface area contributed by atoms with Crippen molar-refractivity contribution in [3.63, 3.8) is 0 Å². The molecule has 0 aromatic carbocycles. The second-order valence-corrected chi connectivity index (χ2v) is 6.57. The molecule has 1 unspecified atom stereocenters. The van der Waals surface area contributed by atoms with Crippen LogP contribution in [0, 0.1) is 0 Å². The summed E-state index contributed by atoms with van der Waals surface area (Å²) in [5, 5.41) is 0. The lowest BCUT2D eigenvalue weighted by atomic mass is 10.3. The van der Waals surface area contributed by atoms with Gasteiger partial charge in [-0.05, 0) is 27.2 Å². The molecular weight excluding hydrogens is 182 g/mol. The molecule has 0 amide bonds. The summed E-state index contributed by atoms with van der Waals surface area (Å²) in [4.78, 5) is 0. The standard InChI is InChI=1S/C10H19NOS/c1-6-8-9(7-2)11(8)13(12)10(3,4)5/h6,8-9H,1,7H2,2-5H3/t8-,9-,11?,13+/m0/s1. The highest BCUT2D eigenvalue weighted by Gasteiger charge is 2.50. The summed E-state index contributed by atoms with van der Waals surface area (Å²) >= 11 is 0. The summed E-state index contributed by atoms with van der Waals surface area (Å²) < 4.78 is 13.9. The van der Waals surface area contributed by atoms with Gasteiger partial charge >= 0.3 is 0 Å². The Kier molecular flexibility index (Phi) is 2.98. The number of hydrogen-bond acceptors (Lipinski definition) is 1. The van der Waals surface area contributed by atoms with E-state index in [2.05, 4.69) is 13.5 Å². The minimum absolute atomic E-state index is 0.148. The fourth-order valence-electron chi connectivity index (χ4n) is 1.51. The Morgan fingerprint density at radius 2 is 2.08 bits per heavy atom. The normalized spacial score (nSPS) is 35.5. The fourth-order valence-corrected chi connectivity index (χ4v) is 3.05. The van der Waals surface area contributed by atoms with Crippen molar-refractivity contribution in [2.45, 2.75) is 50.9 Å². The van der Waals surface area contributed by atoms with Crippen molar-refractivity contribution in [2.75, 3.05) is 0 Å². The average Bonchev–Trinajstić information content (AvgIpc) is 2.73. The van der Waals surface area contributed by atoms with Crippen LogP contribution in [0.2, 0.25) is 0 Å². The maximum atomic E-state index is 12.0. The lowest BCUT2D eigenvalue weighted by Gasteiger charge is -2.18. The monoisotopic (exact) mass is 201 g/mol. The van der Waals surface area contributed by atoms with Crippen LogP contribution in [-0.4, -0.2) is 25.3 Å². The van der Waals surface area contributed by atoms with Crippen molar-refractivity contribution in [2.24, 2.45) is 0 Å². The summed E-state index contributed by atoms with van der Waals surface area (Å²) in [6.07, 6.45) is 2.95. The van der Waals surface area contributed by atoms with Gasteiger partial charge in [0.2, 0.25) is 0 Å². The van der Waals surface area contributed by atoms with E-state index in [-0.39, 0.29) is 4.75 Å². The Hall–Kier alpha value is -0.150. The molecule has 4 atom stereocenters. The first kappa shape index (κ1) is 10.9. The van der Waals surface area contributed by atoms with E-state index >= 15 is 0 Å². The molecular formula is C10H19NOS.